The minimum absolute atomic E-state index is 0.335. The second-order valence-corrected chi connectivity index (χ2v) is 11.5. The zero-order valence-electron chi connectivity index (χ0n) is 21.5. The van der Waals surface area contributed by atoms with Gasteiger partial charge in [0.2, 0.25) is 5.82 Å². The summed E-state index contributed by atoms with van der Waals surface area (Å²) in [6.45, 7) is 5.61. The van der Waals surface area contributed by atoms with Crippen molar-refractivity contribution in [2.24, 2.45) is 0 Å². The van der Waals surface area contributed by atoms with Crippen molar-refractivity contribution in [3.05, 3.63) is 76.5 Å². The number of ether oxygens (including phenoxy) is 1. The number of carboxylic acid groups (broad SMARTS) is 1. The number of rotatable bonds is 6. The molecule has 4 aromatic rings. The summed E-state index contributed by atoms with van der Waals surface area (Å²) in [5.74, 6) is 0.534. The van der Waals surface area contributed by atoms with Crippen LogP contribution in [0.25, 0.3) is 16.3 Å². The van der Waals surface area contributed by atoms with Gasteiger partial charge in [0.25, 0.3) is 0 Å². The van der Waals surface area contributed by atoms with Crippen LogP contribution in [0.15, 0.2) is 54.7 Å². The van der Waals surface area contributed by atoms with Crippen LogP contribution < -0.4 is 9.64 Å². The summed E-state index contributed by atoms with van der Waals surface area (Å²) in [6.07, 6.45) is 5.57. The van der Waals surface area contributed by atoms with Crippen molar-refractivity contribution >= 4 is 39.6 Å². The van der Waals surface area contributed by atoms with Crippen LogP contribution in [0, 0.1) is 0 Å². The van der Waals surface area contributed by atoms with Crippen LogP contribution >= 0.6 is 22.9 Å². The molecule has 0 radical (unpaired) electrons. The summed E-state index contributed by atoms with van der Waals surface area (Å²) in [7, 11) is 0. The lowest BCUT2D eigenvalue weighted by Crippen LogP contribution is -2.48. The molecule has 1 spiro atoms. The number of carbonyl (C=O) groups is 1. The molecule has 39 heavy (non-hydrogen) atoms. The fraction of sp³-hybridized carbons (Fsp3) is 0.321. The number of tetrazole rings is 1. The molecular weight excluding hydrogens is 536 g/mol. The Morgan fingerprint density at radius 2 is 1.97 bits per heavy atom. The Kier molecular flexibility index (Phi) is 6.60. The van der Waals surface area contributed by atoms with Gasteiger partial charge >= 0.3 is 5.97 Å². The first kappa shape index (κ1) is 25.5. The van der Waals surface area contributed by atoms with Crippen LogP contribution in [0.1, 0.15) is 49.3 Å². The Morgan fingerprint density at radius 3 is 2.74 bits per heavy atom. The summed E-state index contributed by atoms with van der Waals surface area (Å²) in [6, 6.07) is 14.4. The lowest BCUT2D eigenvalue weighted by molar-refractivity contribution is -0.138. The topological polar surface area (TPSA) is 106 Å². The van der Waals surface area contributed by atoms with Gasteiger partial charge in [-0.25, -0.2) is 4.98 Å². The van der Waals surface area contributed by atoms with E-state index in [0.717, 1.165) is 57.6 Å². The van der Waals surface area contributed by atoms with Crippen molar-refractivity contribution in [2.45, 2.75) is 44.8 Å². The monoisotopic (exact) mass is 562 g/mol. The third kappa shape index (κ3) is 4.90. The maximum Gasteiger partial charge on any atom is 0.327 e. The molecule has 0 amide bonds. The number of aromatic nitrogens is 5. The summed E-state index contributed by atoms with van der Waals surface area (Å²) >= 11 is 8.22. The van der Waals surface area contributed by atoms with Gasteiger partial charge in [-0.3, -0.25) is 4.79 Å². The van der Waals surface area contributed by atoms with Crippen LogP contribution in [-0.4, -0.2) is 55.0 Å². The van der Waals surface area contributed by atoms with Gasteiger partial charge in [-0.1, -0.05) is 67.1 Å². The predicted octanol–water partition coefficient (Wildman–Crippen LogP) is 5.52. The highest BCUT2D eigenvalue weighted by Gasteiger charge is 2.40. The van der Waals surface area contributed by atoms with E-state index in [0.29, 0.717) is 16.8 Å². The lowest BCUT2D eigenvalue weighted by Gasteiger charge is -2.43. The molecule has 2 aliphatic rings. The van der Waals surface area contributed by atoms with E-state index in [1.165, 1.54) is 22.5 Å². The molecule has 2 aliphatic heterocycles. The Balaban J connectivity index is 1.27. The minimum Gasteiger partial charge on any atom is -0.482 e. The molecule has 2 aromatic carbocycles. The van der Waals surface area contributed by atoms with E-state index in [1.807, 2.05) is 18.2 Å². The van der Waals surface area contributed by atoms with Crippen LogP contribution in [-0.2, 0) is 11.3 Å². The van der Waals surface area contributed by atoms with Gasteiger partial charge in [-0.2, -0.15) is 4.80 Å². The lowest BCUT2D eigenvalue weighted by atomic mass is 9.81. The first-order chi connectivity index (χ1) is 18.8. The SMILES string of the molecule is CC(C)c1ccccc1C1=CC2(CCN(c3ncc(-c4nnn(CC(=O)O)n4)s3)CC2)Oc2cccc(Cl)c21. The predicted molar refractivity (Wildman–Crippen MR) is 150 cm³/mol. The first-order valence-corrected chi connectivity index (χ1v) is 14.0. The number of nitrogens with zero attached hydrogens (tertiary/aromatic N) is 6. The Hall–Kier alpha value is -3.76. The van der Waals surface area contributed by atoms with E-state index < -0.39 is 11.6 Å². The van der Waals surface area contributed by atoms with Gasteiger partial charge in [0.15, 0.2) is 11.7 Å². The molecule has 4 heterocycles. The molecule has 0 bridgehead atoms. The van der Waals surface area contributed by atoms with Crippen molar-refractivity contribution < 1.29 is 14.6 Å². The molecule has 1 N–H and O–H groups in total. The zero-order valence-corrected chi connectivity index (χ0v) is 23.1. The molecule has 0 saturated carbocycles. The Morgan fingerprint density at radius 1 is 1.18 bits per heavy atom. The summed E-state index contributed by atoms with van der Waals surface area (Å²) in [5, 5.41) is 22.5. The highest BCUT2D eigenvalue weighted by Crippen LogP contribution is 2.47. The number of piperidine rings is 1. The van der Waals surface area contributed by atoms with E-state index in [-0.39, 0.29) is 6.54 Å². The number of carboxylic acids is 1. The number of fused-ring (bicyclic) bond motifs is 1. The number of anilines is 1. The minimum atomic E-state index is -1.02. The number of hydrogen-bond acceptors (Lipinski definition) is 8. The quantitative estimate of drug-likeness (QED) is 0.327. The summed E-state index contributed by atoms with van der Waals surface area (Å²) < 4.78 is 6.70. The molecule has 6 rings (SSSR count). The largest absolute Gasteiger partial charge is 0.482 e. The smallest absolute Gasteiger partial charge is 0.327 e. The van der Waals surface area contributed by atoms with Crippen LogP contribution in [0.4, 0.5) is 5.13 Å². The van der Waals surface area contributed by atoms with E-state index >= 15 is 0 Å². The summed E-state index contributed by atoms with van der Waals surface area (Å²) in [5.41, 5.74) is 4.11. The molecule has 1 fully saturated rings. The third-order valence-corrected chi connectivity index (χ3v) is 8.53. The Bertz CT molecular complexity index is 1570. The second-order valence-electron chi connectivity index (χ2n) is 10.1. The maximum absolute atomic E-state index is 10.9. The molecule has 0 atom stereocenters. The number of benzene rings is 2. The standard InChI is InChI=1S/C28H27ClN6O3S/c1-17(2)18-6-3-4-7-19(18)20-14-28(38-22-9-5-8-21(29)25(20)22)10-12-34(13-11-28)27-30-15-23(39-27)26-31-33-35(32-26)16-24(36)37/h3-9,14-15,17H,10-13,16H2,1-2H3,(H,36,37). The van der Waals surface area contributed by atoms with Crippen molar-refractivity contribution in [2.75, 3.05) is 18.0 Å². The highest BCUT2D eigenvalue weighted by molar-refractivity contribution is 7.18. The normalized spacial score (nSPS) is 16.2. The first-order valence-electron chi connectivity index (χ1n) is 12.8. The van der Waals surface area contributed by atoms with Gasteiger partial charge in [0, 0.05) is 31.5 Å². The van der Waals surface area contributed by atoms with Gasteiger partial charge in [-0.05, 0) is 46.0 Å². The molecule has 200 valence electrons. The van der Waals surface area contributed by atoms with Crippen molar-refractivity contribution in [3.63, 3.8) is 0 Å². The molecule has 11 heteroatoms. The van der Waals surface area contributed by atoms with Crippen LogP contribution in [0.3, 0.4) is 0 Å². The molecule has 9 nitrogen and oxygen atoms in total. The number of halogens is 1. The van der Waals surface area contributed by atoms with Gasteiger partial charge in [0.05, 0.1) is 16.1 Å². The molecular formula is C28H27ClN6O3S. The number of aliphatic carboxylic acids is 1. The molecule has 0 unspecified atom stereocenters. The van der Waals surface area contributed by atoms with E-state index in [4.69, 9.17) is 21.4 Å². The number of hydrogen-bond donors (Lipinski definition) is 1. The fourth-order valence-corrected chi connectivity index (χ4v) is 6.42. The third-order valence-electron chi connectivity index (χ3n) is 7.16. The van der Waals surface area contributed by atoms with Crippen molar-refractivity contribution in [1.29, 1.82) is 0 Å². The van der Waals surface area contributed by atoms with E-state index in [9.17, 15) is 4.79 Å². The van der Waals surface area contributed by atoms with E-state index in [2.05, 4.69) is 69.5 Å². The van der Waals surface area contributed by atoms with Gasteiger partial charge < -0.3 is 14.7 Å². The van der Waals surface area contributed by atoms with Gasteiger partial charge in [0.1, 0.15) is 11.4 Å². The molecule has 1 saturated heterocycles. The fourth-order valence-electron chi connectivity index (χ4n) is 5.26. The number of thiazole rings is 1. The van der Waals surface area contributed by atoms with Crippen LogP contribution in [0.5, 0.6) is 5.75 Å². The maximum atomic E-state index is 10.9. The van der Waals surface area contributed by atoms with Crippen molar-refractivity contribution in [1.82, 2.24) is 25.2 Å². The molecule has 0 aliphatic carbocycles. The average Bonchev–Trinajstić information content (AvgIpc) is 3.58. The highest BCUT2D eigenvalue weighted by atomic mass is 35.5. The Labute approximate surface area is 234 Å². The van der Waals surface area contributed by atoms with Crippen molar-refractivity contribution in [3.8, 4) is 16.5 Å². The second kappa shape index (κ2) is 10.1. The summed E-state index contributed by atoms with van der Waals surface area (Å²) in [4.78, 5) is 19.6. The van der Waals surface area contributed by atoms with Gasteiger partial charge in [-0.15, -0.1) is 10.2 Å². The van der Waals surface area contributed by atoms with E-state index in [1.54, 1.807) is 6.20 Å². The molecule has 2 aromatic heterocycles. The van der Waals surface area contributed by atoms with Crippen LogP contribution in [0.2, 0.25) is 5.02 Å². The average molecular weight is 563 g/mol. The zero-order chi connectivity index (χ0) is 27.1.